The molecular weight excluding hydrogens is 406 g/mol. The van der Waals surface area contributed by atoms with Crippen LogP contribution in [0.4, 0.5) is 0 Å². The molecule has 0 radical (unpaired) electrons. The maximum absolute atomic E-state index is 13.4. The molecule has 0 spiro atoms. The van der Waals surface area contributed by atoms with Crippen LogP contribution in [-0.4, -0.2) is 30.7 Å². The summed E-state index contributed by atoms with van der Waals surface area (Å²) in [5.74, 6) is 0.0239. The average Bonchev–Trinajstić information content (AvgIpc) is 3.08. The number of hydrogen-bond donors (Lipinski definition) is 1. The number of benzene rings is 2. The highest BCUT2D eigenvalue weighted by atomic mass is 16.2. The van der Waals surface area contributed by atoms with Gasteiger partial charge in [-0.15, -0.1) is 5.10 Å². The second kappa shape index (κ2) is 8.45. The number of nitrogens with zero attached hydrogens (tertiary/aromatic N) is 4. The number of aryl methyl sites for hydroxylation is 2. The van der Waals surface area contributed by atoms with Gasteiger partial charge in [-0.3, -0.25) is 14.2 Å². The lowest BCUT2D eigenvalue weighted by Crippen LogP contribution is -2.30. The maximum Gasteiger partial charge on any atom is 0.352 e. The van der Waals surface area contributed by atoms with Crippen molar-refractivity contribution in [3.05, 3.63) is 80.0 Å². The monoisotopic (exact) mass is 433 g/mol. The van der Waals surface area contributed by atoms with E-state index in [0.717, 1.165) is 17.5 Å². The van der Waals surface area contributed by atoms with E-state index in [-0.39, 0.29) is 35.5 Å². The molecular formula is C24H27N5O3. The van der Waals surface area contributed by atoms with Crippen molar-refractivity contribution in [2.45, 2.75) is 53.2 Å². The van der Waals surface area contributed by atoms with Gasteiger partial charge < -0.3 is 5.32 Å². The van der Waals surface area contributed by atoms with Gasteiger partial charge in [0.15, 0.2) is 0 Å². The number of hydrogen-bond acceptors (Lipinski definition) is 4. The van der Waals surface area contributed by atoms with E-state index < -0.39 is 0 Å². The summed E-state index contributed by atoms with van der Waals surface area (Å²) in [4.78, 5) is 39.1. The summed E-state index contributed by atoms with van der Waals surface area (Å²) in [6, 6.07) is 12.7. The summed E-state index contributed by atoms with van der Waals surface area (Å²) >= 11 is 0. The molecule has 0 fully saturated rings. The van der Waals surface area contributed by atoms with Crippen LogP contribution >= 0.6 is 0 Å². The third kappa shape index (κ3) is 3.84. The van der Waals surface area contributed by atoms with E-state index in [1.54, 1.807) is 18.2 Å². The van der Waals surface area contributed by atoms with Crippen LogP contribution in [0.5, 0.6) is 0 Å². The summed E-state index contributed by atoms with van der Waals surface area (Å²) in [5, 5.41) is 7.74. The molecule has 1 N–H and O–H groups in total. The number of carbonyl (C=O) groups is 1. The van der Waals surface area contributed by atoms with Gasteiger partial charge in [0.25, 0.3) is 11.5 Å². The average molecular weight is 434 g/mol. The Hall–Kier alpha value is -3.68. The Morgan fingerprint density at radius 3 is 2.47 bits per heavy atom. The van der Waals surface area contributed by atoms with Crippen LogP contribution in [0.15, 0.2) is 52.1 Å². The smallest absolute Gasteiger partial charge is 0.350 e. The van der Waals surface area contributed by atoms with Crippen LogP contribution in [-0.2, 0) is 13.1 Å². The third-order valence-corrected chi connectivity index (χ3v) is 5.36. The highest BCUT2D eigenvalue weighted by molar-refractivity contribution is 5.98. The molecule has 0 aliphatic carbocycles. The number of carbonyl (C=O) groups excluding carboxylic acids is 1. The van der Waals surface area contributed by atoms with Gasteiger partial charge in [-0.05, 0) is 51.0 Å². The van der Waals surface area contributed by atoms with Gasteiger partial charge >= 0.3 is 5.69 Å². The number of nitrogens with one attached hydrogen (secondary N) is 1. The topological polar surface area (TPSA) is 90.4 Å². The van der Waals surface area contributed by atoms with Gasteiger partial charge in [0.2, 0.25) is 5.78 Å². The lowest BCUT2D eigenvalue weighted by molar-refractivity contribution is 0.0943. The van der Waals surface area contributed by atoms with E-state index in [1.165, 1.54) is 13.6 Å². The van der Waals surface area contributed by atoms with Gasteiger partial charge in [0, 0.05) is 18.2 Å². The first-order valence-electron chi connectivity index (χ1n) is 10.8. The van der Waals surface area contributed by atoms with E-state index in [4.69, 9.17) is 0 Å². The normalized spacial score (nSPS) is 11.5. The predicted molar refractivity (Wildman–Crippen MR) is 124 cm³/mol. The molecule has 4 rings (SSSR count). The zero-order valence-corrected chi connectivity index (χ0v) is 18.8. The van der Waals surface area contributed by atoms with Crippen LogP contribution in [0.1, 0.15) is 48.7 Å². The molecule has 2 aromatic carbocycles. The van der Waals surface area contributed by atoms with E-state index in [2.05, 4.69) is 10.4 Å². The molecule has 2 heterocycles. The molecule has 166 valence electrons. The fraction of sp³-hybridized carbons (Fsp3) is 0.333. The molecule has 0 saturated heterocycles. The van der Waals surface area contributed by atoms with Crippen molar-refractivity contribution in [3.63, 3.8) is 0 Å². The third-order valence-electron chi connectivity index (χ3n) is 5.36. The number of fused-ring (bicyclic) bond motifs is 3. The van der Waals surface area contributed by atoms with Crippen molar-refractivity contribution in [2.24, 2.45) is 0 Å². The predicted octanol–water partition coefficient (Wildman–Crippen LogP) is 2.72. The summed E-state index contributed by atoms with van der Waals surface area (Å²) < 4.78 is 4.34. The van der Waals surface area contributed by atoms with Gasteiger partial charge in [-0.2, -0.15) is 0 Å². The second-order valence-electron chi connectivity index (χ2n) is 8.38. The summed E-state index contributed by atoms with van der Waals surface area (Å²) in [7, 11) is 0. The summed E-state index contributed by atoms with van der Waals surface area (Å²) in [6.07, 6.45) is 0.717. The highest BCUT2D eigenvalue weighted by Crippen LogP contribution is 2.15. The quantitative estimate of drug-likeness (QED) is 0.506. The summed E-state index contributed by atoms with van der Waals surface area (Å²) in [6.45, 7) is 8.45. The molecule has 32 heavy (non-hydrogen) atoms. The molecule has 0 bridgehead atoms. The Kier molecular flexibility index (Phi) is 5.69. The lowest BCUT2D eigenvalue weighted by Gasteiger charge is -2.11. The lowest BCUT2D eigenvalue weighted by atomic mass is 10.1. The van der Waals surface area contributed by atoms with Crippen molar-refractivity contribution in [2.75, 3.05) is 0 Å². The highest BCUT2D eigenvalue weighted by Gasteiger charge is 2.19. The first-order valence-corrected chi connectivity index (χ1v) is 10.8. The second-order valence-corrected chi connectivity index (χ2v) is 8.38. The Balaban J connectivity index is 1.96. The zero-order valence-electron chi connectivity index (χ0n) is 18.8. The Morgan fingerprint density at radius 2 is 1.81 bits per heavy atom. The van der Waals surface area contributed by atoms with E-state index in [1.807, 2.05) is 52.0 Å². The summed E-state index contributed by atoms with van der Waals surface area (Å²) in [5.41, 5.74) is 2.26. The number of rotatable bonds is 6. The van der Waals surface area contributed by atoms with Crippen LogP contribution in [0.2, 0.25) is 0 Å². The Bertz CT molecular complexity index is 1420. The van der Waals surface area contributed by atoms with Crippen molar-refractivity contribution >= 4 is 22.6 Å². The fourth-order valence-corrected chi connectivity index (χ4v) is 3.80. The first kappa shape index (κ1) is 21.5. The standard InChI is InChI=1S/C24H27N5O3/c1-5-12-27-22(31)19-11-10-18(21(30)25-15(2)3)13-20(19)29-23(27)26-28(24(29)32)14-17-8-6-16(4)7-9-17/h6-11,13,15H,5,12,14H2,1-4H3,(H,25,30). The van der Waals surface area contributed by atoms with Crippen molar-refractivity contribution < 1.29 is 4.79 Å². The molecule has 0 atom stereocenters. The van der Waals surface area contributed by atoms with Gasteiger partial charge in [-0.1, -0.05) is 36.8 Å². The molecule has 2 aromatic heterocycles. The van der Waals surface area contributed by atoms with Gasteiger partial charge in [0.1, 0.15) is 0 Å². The first-order chi connectivity index (χ1) is 15.3. The van der Waals surface area contributed by atoms with Crippen molar-refractivity contribution in [1.29, 1.82) is 0 Å². The van der Waals surface area contributed by atoms with E-state index in [0.29, 0.717) is 23.0 Å². The fourth-order valence-electron chi connectivity index (χ4n) is 3.80. The zero-order chi connectivity index (χ0) is 23.0. The van der Waals surface area contributed by atoms with Crippen molar-refractivity contribution in [3.8, 4) is 0 Å². The minimum absolute atomic E-state index is 0.0317. The van der Waals surface area contributed by atoms with Gasteiger partial charge in [-0.25, -0.2) is 13.9 Å². The molecule has 0 aliphatic heterocycles. The Morgan fingerprint density at radius 1 is 1.09 bits per heavy atom. The molecule has 0 unspecified atom stereocenters. The Labute approximate surface area is 185 Å². The maximum atomic E-state index is 13.4. The van der Waals surface area contributed by atoms with Crippen LogP contribution in [0.25, 0.3) is 16.7 Å². The van der Waals surface area contributed by atoms with Crippen LogP contribution in [0.3, 0.4) is 0 Å². The minimum Gasteiger partial charge on any atom is -0.350 e. The van der Waals surface area contributed by atoms with Crippen LogP contribution < -0.4 is 16.6 Å². The molecule has 8 nitrogen and oxygen atoms in total. The van der Waals surface area contributed by atoms with E-state index >= 15 is 0 Å². The van der Waals surface area contributed by atoms with Crippen molar-refractivity contribution in [1.82, 2.24) is 24.1 Å². The minimum atomic E-state index is -0.350. The molecule has 1 amide bonds. The molecule has 8 heteroatoms. The SMILES string of the molecule is CCCn1c(=O)c2ccc(C(=O)NC(C)C)cc2n2c(=O)n(Cc3ccc(C)cc3)nc12. The molecule has 4 aromatic rings. The number of amides is 1. The van der Waals surface area contributed by atoms with Crippen LogP contribution in [0, 0.1) is 6.92 Å². The molecule has 0 aliphatic rings. The van der Waals surface area contributed by atoms with Gasteiger partial charge in [0.05, 0.1) is 17.4 Å². The molecule has 0 saturated carbocycles. The van der Waals surface area contributed by atoms with E-state index in [9.17, 15) is 14.4 Å². The number of aromatic nitrogens is 4. The largest absolute Gasteiger partial charge is 0.352 e.